The highest BCUT2D eigenvalue weighted by molar-refractivity contribution is 8.00. The van der Waals surface area contributed by atoms with Gasteiger partial charge in [0.05, 0.1) is 12.0 Å². The number of nitrogens with zero attached hydrogens (tertiary/aromatic N) is 1. The molecule has 1 fully saturated rings. The van der Waals surface area contributed by atoms with Gasteiger partial charge in [0.25, 0.3) is 0 Å². The van der Waals surface area contributed by atoms with Crippen molar-refractivity contribution in [3.63, 3.8) is 0 Å². The number of hydrogen-bond acceptors (Lipinski definition) is 4. The molecule has 2 aromatic rings. The van der Waals surface area contributed by atoms with Crippen LogP contribution in [0.2, 0.25) is 0 Å². The predicted molar refractivity (Wildman–Crippen MR) is 97.2 cm³/mol. The van der Waals surface area contributed by atoms with Gasteiger partial charge in [-0.2, -0.15) is 4.31 Å². The fourth-order valence-electron chi connectivity index (χ4n) is 2.74. The van der Waals surface area contributed by atoms with Crippen molar-refractivity contribution in [2.75, 3.05) is 20.2 Å². The lowest BCUT2D eigenvalue weighted by molar-refractivity contribution is 0.413. The fraction of sp³-hybridized carbons (Fsp3) is 0.333. The van der Waals surface area contributed by atoms with Crippen LogP contribution >= 0.6 is 11.8 Å². The topological polar surface area (TPSA) is 46.6 Å². The second kappa shape index (κ2) is 7.17. The average Bonchev–Trinajstić information content (AvgIpc) is 3.05. The van der Waals surface area contributed by atoms with Crippen molar-refractivity contribution in [1.82, 2.24) is 4.31 Å². The van der Waals surface area contributed by atoms with Gasteiger partial charge >= 0.3 is 0 Å². The maximum absolute atomic E-state index is 12.7. The van der Waals surface area contributed by atoms with Gasteiger partial charge in [0, 0.05) is 23.2 Å². The number of thioether (sulfide) groups is 1. The molecule has 0 saturated carbocycles. The van der Waals surface area contributed by atoms with E-state index in [1.54, 1.807) is 35.3 Å². The van der Waals surface area contributed by atoms with Gasteiger partial charge < -0.3 is 4.74 Å². The Morgan fingerprint density at radius 3 is 2.62 bits per heavy atom. The Morgan fingerprint density at radius 2 is 1.92 bits per heavy atom. The van der Waals surface area contributed by atoms with E-state index in [0.29, 0.717) is 18.0 Å². The highest BCUT2D eigenvalue weighted by Gasteiger charge is 2.32. The number of aryl methyl sites for hydroxylation is 1. The lowest BCUT2D eigenvalue weighted by Gasteiger charge is -2.17. The zero-order valence-electron chi connectivity index (χ0n) is 13.8. The van der Waals surface area contributed by atoms with Crippen molar-refractivity contribution >= 4 is 21.8 Å². The quantitative estimate of drug-likeness (QED) is 0.815. The number of methoxy groups -OCH3 is 1. The third-order valence-corrected chi connectivity index (χ3v) is 7.23. The van der Waals surface area contributed by atoms with Crippen LogP contribution in [0.3, 0.4) is 0 Å². The normalized spacial score (nSPS) is 18.7. The molecule has 1 aliphatic rings. The van der Waals surface area contributed by atoms with Crippen molar-refractivity contribution in [3.8, 4) is 5.75 Å². The van der Waals surface area contributed by atoms with Crippen LogP contribution in [0.15, 0.2) is 58.3 Å². The van der Waals surface area contributed by atoms with Crippen molar-refractivity contribution in [2.45, 2.75) is 28.4 Å². The molecular formula is C18H21NO3S2. The Hall–Kier alpha value is -1.50. The van der Waals surface area contributed by atoms with Gasteiger partial charge in [0.15, 0.2) is 0 Å². The second-order valence-electron chi connectivity index (χ2n) is 5.88. The summed E-state index contributed by atoms with van der Waals surface area (Å²) in [6.45, 7) is 3.06. The minimum Gasteiger partial charge on any atom is -0.497 e. The maximum Gasteiger partial charge on any atom is 0.243 e. The Labute approximate surface area is 147 Å². The van der Waals surface area contributed by atoms with Crippen molar-refractivity contribution in [3.05, 3.63) is 54.1 Å². The number of rotatable bonds is 5. The zero-order chi connectivity index (χ0) is 17.2. The van der Waals surface area contributed by atoms with Crippen molar-refractivity contribution in [1.29, 1.82) is 0 Å². The molecule has 0 amide bonds. The van der Waals surface area contributed by atoms with Crippen LogP contribution in [0.25, 0.3) is 0 Å². The third kappa shape index (κ3) is 3.77. The molecule has 0 N–H and O–H groups in total. The molecule has 3 rings (SSSR count). The highest BCUT2D eigenvalue weighted by atomic mass is 32.2. The van der Waals surface area contributed by atoms with Crippen molar-refractivity contribution in [2.24, 2.45) is 0 Å². The summed E-state index contributed by atoms with van der Waals surface area (Å²) in [4.78, 5) is 1.48. The number of sulfonamides is 1. The smallest absolute Gasteiger partial charge is 0.243 e. The van der Waals surface area contributed by atoms with Gasteiger partial charge in [0.1, 0.15) is 5.75 Å². The van der Waals surface area contributed by atoms with E-state index in [1.807, 2.05) is 43.3 Å². The van der Waals surface area contributed by atoms with Gasteiger partial charge in [-0.25, -0.2) is 8.42 Å². The SMILES string of the molecule is COc1cccc(S[C@H]2CCN(S(=O)(=O)c3ccc(C)cc3)C2)c1. The summed E-state index contributed by atoms with van der Waals surface area (Å²) in [6, 6.07) is 14.9. The van der Waals surface area contributed by atoms with E-state index in [2.05, 4.69) is 0 Å². The molecule has 24 heavy (non-hydrogen) atoms. The molecule has 2 aromatic carbocycles. The molecule has 4 nitrogen and oxygen atoms in total. The molecule has 0 bridgehead atoms. The summed E-state index contributed by atoms with van der Waals surface area (Å²) in [6.07, 6.45) is 0.854. The van der Waals surface area contributed by atoms with Gasteiger partial charge in [-0.15, -0.1) is 11.8 Å². The molecule has 1 heterocycles. The first-order valence-corrected chi connectivity index (χ1v) is 10.2. The summed E-state index contributed by atoms with van der Waals surface area (Å²) in [5.41, 5.74) is 1.06. The van der Waals surface area contributed by atoms with Crippen LogP contribution in [0.5, 0.6) is 5.75 Å². The second-order valence-corrected chi connectivity index (χ2v) is 9.20. The number of benzene rings is 2. The van der Waals surface area contributed by atoms with E-state index < -0.39 is 10.0 Å². The van der Waals surface area contributed by atoms with Crippen LogP contribution in [0.4, 0.5) is 0 Å². The van der Waals surface area contributed by atoms with E-state index >= 15 is 0 Å². The molecule has 0 radical (unpaired) electrons. The van der Waals surface area contributed by atoms with Gasteiger partial charge in [-0.1, -0.05) is 23.8 Å². The summed E-state index contributed by atoms with van der Waals surface area (Å²) in [5.74, 6) is 0.821. The maximum atomic E-state index is 12.7. The van der Waals surface area contributed by atoms with Gasteiger partial charge in [0.2, 0.25) is 10.0 Å². The van der Waals surface area contributed by atoms with Crippen LogP contribution in [-0.4, -0.2) is 38.2 Å². The fourth-order valence-corrected chi connectivity index (χ4v) is 5.54. The van der Waals surface area contributed by atoms with E-state index in [-0.39, 0.29) is 5.25 Å². The summed E-state index contributed by atoms with van der Waals surface area (Å²) >= 11 is 1.71. The molecular weight excluding hydrogens is 342 g/mol. The minimum atomic E-state index is -3.40. The van der Waals surface area contributed by atoms with E-state index in [9.17, 15) is 8.42 Å². The van der Waals surface area contributed by atoms with Gasteiger partial charge in [-0.3, -0.25) is 0 Å². The van der Waals surface area contributed by atoms with E-state index in [0.717, 1.165) is 22.6 Å². The molecule has 1 aliphatic heterocycles. The minimum absolute atomic E-state index is 0.261. The molecule has 1 saturated heterocycles. The Morgan fingerprint density at radius 1 is 1.17 bits per heavy atom. The first-order chi connectivity index (χ1) is 11.5. The molecule has 128 valence electrons. The standard InChI is InChI=1S/C18H21NO3S2/c1-14-6-8-18(9-7-14)24(20,21)19-11-10-17(13-19)23-16-5-3-4-15(12-16)22-2/h3-9,12,17H,10-11,13H2,1-2H3/t17-/m0/s1. The van der Waals surface area contributed by atoms with E-state index in [1.165, 1.54) is 0 Å². The molecule has 0 aromatic heterocycles. The molecule has 1 atom stereocenters. The zero-order valence-corrected chi connectivity index (χ0v) is 15.4. The highest BCUT2D eigenvalue weighted by Crippen LogP contribution is 2.33. The molecule has 6 heteroatoms. The van der Waals surface area contributed by atoms with Gasteiger partial charge in [-0.05, 0) is 43.7 Å². The molecule has 0 aliphatic carbocycles. The monoisotopic (exact) mass is 363 g/mol. The van der Waals surface area contributed by atoms with Crippen LogP contribution < -0.4 is 4.74 Å². The predicted octanol–water partition coefficient (Wildman–Crippen LogP) is 3.56. The molecule has 0 spiro atoms. The van der Waals surface area contributed by atoms with E-state index in [4.69, 9.17) is 4.74 Å². The lowest BCUT2D eigenvalue weighted by Crippen LogP contribution is -2.29. The molecule has 0 unspecified atom stereocenters. The third-order valence-electron chi connectivity index (χ3n) is 4.11. The van der Waals surface area contributed by atoms with Crippen LogP contribution in [0, 0.1) is 6.92 Å². The number of ether oxygens (including phenoxy) is 1. The average molecular weight is 364 g/mol. The first-order valence-electron chi connectivity index (χ1n) is 7.86. The van der Waals surface area contributed by atoms with Crippen LogP contribution in [0.1, 0.15) is 12.0 Å². The largest absolute Gasteiger partial charge is 0.497 e. The first kappa shape index (κ1) is 17.3. The number of hydrogen-bond donors (Lipinski definition) is 0. The lowest BCUT2D eigenvalue weighted by atomic mass is 10.2. The summed E-state index contributed by atoms with van der Waals surface area (Å²) < 4.78 is 32.3. The Balaban J connectivity index is 1.69. The Bertz CT molecular complexity index is 803. The summed E-state index contributed by atoms with van der Waals surface area (Å²) in [5, 5.41) is 0.261. The Kier molecular flexibility index (Phi) is 5.18. The summed E-state index contributed by atoms with van der Waals surface area (Å²) in [7, 11) is -1.75. The van der Waals surface area contributed by atoms with Crippen LogP contribution in [-0.2, 0) is 10.0 Å². The van der Waals surface area contributed by atoms with Crippen molar-refractivity contribution < 1.29 is 13.2 Å².